The fourth-order valence-corrected chi connectivity index (χ4v) is 3.49. The zero-order valence-corrected chi connectivity index (χ0v) is 14.5. The first-order valence-corrected chi connectivity index (χ1v) is 8.79. The molecular weight excluding hydrogens is 338 g/mol. The molecule has 4 rings (SSSR count). The van der Waals surface area contributed by atoms with Crippen LogP contribution in [-0.4, -0.2) is 29.3 Å². The third-order valence-corrected chi connectivity index (χ3v) is 4.86. The van der Waals surface area contributed by atoms with Gasteiger partial charge in [-0.3, -0.25) is 9.89 Å². The van der Waals surface area contributed by atoms with E-state index in [1.807, 2.05) is 30.3 Å². The predicted molar refractivity (Wildman–Crippen MR) is 96.4 cm³/mol. The number of anilines is 1. The smallest absolute Gasteiger partial charge is 0.229 e. The van der Waals surface area contributed by atoms with Crippen LogP contribution in [0.25, 0.3) is 10.6 Å². The molecule has 0 radical (unpaired) electrons. The van der Waals surface area contributed by atoms with Crippen molar-refractivity contribution in [3.63, 3.8) is 0 Å². The van der Waals surface area contributed by atoms with Crippen LogP contribution in [0.3, 0.4) is 0 Å². The monoisotopic (exact) mass is 355 g/mol. The van der Waals surface area contributed by atoms with Crippen LogP contribution >= 0.6 is 11.3 Å². The van der Waals surface area contributed by atoms with E-state index in [0.717, 1.165) is 21.9 Å². The molecule has 128 valence electrons. The van der Waals surface area contributed by atoms with E-state index < -0.39 is 0 Å². The van der Waals surface area contributed by atoms with E-state index in [1.54, 1.807) is 11.3 Å². The van der Waals surface area contributed by atoms with Crippen molar-refractivity contribution in [2.24, 2.45) is 0 Å². The highest BCUT2D eigenvalue weighted by atomic mass is 32.1. The fourth-order valence-electron chi connectivity index (χ4n) is 2.66. The number of carbonyl (C=O) groups is 1. The summed E-state index contributed by atoms with van der Waals surface area (Å²) < 4.78 is 11.0. The van der Waals surface area contributed by atoms with E-state index in [9.17, 15) is 4.79 Å². The maximum Gasteiger partial charge on any atom is 0.229 e. The maximum absolute atomic E-state index is 12.3. The van der Waals surface area contributed by atoms with Crippen LogP contribution in [0, 0.1) is 6.92 Å². The average Bonchev–Trinajstić information content (AvgIpc) is 3.23. The summed E-state index contributed by atoms with van der Waals surface area (Å²) in [6.45, 7) is 3.14. The van der Waals surface area contributed by atoms with Gasteiger partial charge >= 0.3 is 0 Å². The van der Waals surface area contributed by atoms with Crippen LogP contribution in [0.2, 0.25) is 0 Å². The van der Waals surface area contributed by atoms with Crippen molar-refractivity contribution in [2.45, 2.75) is 13.3 Å². The summed E-state index contributed by atoms with van der Waals surface area (Å²) in [7, 11) is 0. The highest BCUT2D eigenvalue weighted by Crippen LogP contribution is 2.31. The topological polar surface area (TPSA) is 76.2 Å². The normalized spacial score (nSPS) is 12.8. The Morgan fingerprint density at radius 2 is 2.04 bits per heavy atom. The van der Waals surface area contributed by atoms with Crippen LogP contribution < -0.4 is 14.8 Å². The number of nitrogens with zero attached hydrogens (tertiary/aromatic N) is 1. The van der Waals surface area contributed by atoms with Crippen LogP contribution in [-0.2, 0) is 11.2 Å². The van der Waals surface area contributed by atoms with Gasteiger partial charge in [0.2, 0.25) is 5.91 Å². The molecule has 7 heteroatoms. The Balaban J connectivity index is 1.41. The molecule has 0 saturated carbocycles. The molecule has 0 saturated heterocycles. The van der Waals surface area contributed by atoms with Gasteiger partial charge in [-0.05, 0) is 36.8 Å². The molecule has 1 aliphatic heterocycles. The lowest BCUT2D eigenvalue weighted by molar-refractivity contribution is -0.115. The summed E-state index contributed by atoms with van der Waals surface area (Å²) in [5.74, 6) is 1.80. The second kappa shape index (κ2) is 6.60. The van der Waals surface area contributed by atoms with Gasteiger partial charge in [-0.15, -0.1) is 11.3 Å². The van der Waals surface area contributed by atoms with E-state index in [0.29, 0.717) is 24.8 Å². The van der Waals surface area contributed by atoms with Gasteiger partial charge in [-0.1, -0.05) is 6.07 Å². The number of amides is 1. The van der Waals surface area contributed by atoms with E-state index in [1.165, 1.54) is 4.88 Å². The molecule has 0 bridgehead atoms. The molecule has 25 heavy (non-hydrogen) atoms. The molecule has 1 aromatic carbocycles. The number of H-pyrrole nitrogens is 1. The molecule has 0 fully saturated rings. The van der Waals surface area contributed by atoms with Gasteiger partial charge in [0, 0.05) is 10.9 Å². The second-order valence-corrected chi connectivity index (χ2v) is 7.07. The van der Waals surface area contributed by atoms with Crippen LogP contribution in [0.1, 0.15) is 10.4 Å². The molecule has 1 aliphatic rings. The Labute approximate surface area is 148 Å². The number of carbonyl (C=O) groups excluding carboxylic acids is 1. The Bertz CT molecular complexity index is 916. The number of hydrogen-bond donors (Lipinski definition) is 2. The highest BCUT2D eigenvalue weighted by molar-refractivity contribution is 7.15. The third kappa shape index (κ3) is 3.51. The minimum Gasteiger partial charge on any atom is -0.486 e. The summed E-state index contributed by atoms with van der Waals surface area (Å²) in [6.07, 6.45) is 0.247. The summed E-state index contributed by atoms with van der Waals surface area (Å²) in [5.41, 5.74) is 1.76. The van der Waals surface area contributed by atoms with E-state index in [2.05, 4.69) is 28.5 Å². The maximum atomic E-state index is 12.3. The summed E-state index contributed by atoms with van der Waals surface area (Å²) >= 11 is 1.68. The Kier molecular flexibility index (Phi) is 4.15. The number of nitrogens with one attached hydrogen (secondary N) is 2. The number of rotatable bonds is 4. The van der Waals surface area contributed by atoms with Crippen LogP contribution in [0.15, 0.2) is 36.4 Å². The van der Waals surface area contributed by atoms with Crippen molar-refractivity contribution < 1.29 is 14.3 Å². The molecule has 2 aromatic heterocycles. The first-order valence-electron chi connectivity index (χ1n) is 7.98. The van der Waals surface area contributed by atoms with Gasteiger partial charge in [0.05, 0.1) is 17.0 Å². The van der Waals surface area contributed by atoms with Crippen molar-refractivity contribution in [1.29, 1.82) is 0 Å². The molecule has 0 spiro atoms. The fraction of sp³-hybridized carbons (Fsp3) is 0.222. The van der Waals surface area contributed by atoms with Crippen molar-refractivity contribution in [3.8, 4) is 22.1 Å². The first kappa shape index (κ1) is 15.7. The molecule has 0 unspecified atom stereocenters. The lowest BCUT2D eigenvalue weighted by atomic mass is 10.1. The van der Waals surface area contributed by atoms with Crippen LogP contribution in [0.4, 0.5) is 5.82 Å². The number of hydrogen-bond acceptors (Lipinski definition) is 5. The van der Waals surface area contributed by atoms with Crippen molar-refractivity contribution in [2.75, 3.05) is 18.5 Å². The Hall–Kier alpha value is -2.80. The summed E-state index contributed by atoms with van der Waals surface area (Å²) in [6, 6.07) is 11.5. The zero-order chi connectivity index (χ0) is 17.2. The molecule has 0 atom stereocenters. The van der Waals surface area contributed by atoms with E-state index in [-0.39, 0.29) is 12.3 Å². The van der Waals surface area contributed by atoms with Gasteiger partial charge < -0.3 is 14.8 Å². The largest absolute Gasteiger partial charge is 0.486 e. The van der Waals surface area contributed by atoms with Crippen molar-refractivity contribution in [1.82, 2.24) is 10.2 Å². The van der Waals surface area contributed by atoms with Crippen molar-refractivity contribution in [3.05, 3.63) is 46.8 Å². The Morgan fingerprint density at radius 1 is 1.20 bits per heavy atom. The highest BCUT2D eigenvalue weighted by Gasteiger charge is 2.14. The number of ether oxygens (including phenoxy) is 2. The van der Waals surface area contributed by atoms with Gasteiger partial charge in [0.1, 0.15) is 13.2 Å². The summed E-state index contributed by atoms with van der Waals surface area (Å²) in [5, 5.41) is 9.93. The molecule has 0 aliphatic carbocycles. The second-order valence-electron chi connectivity index (χ2n) is 5.78. The molecule has 3 aromatic rings. The minimum atomic E-state index is -0.128. The Morgan fingerprint density at radius 3 is 2.84 bits per heavy atom. The standard InChI is InChI=1S/C18H17N3O3S/c1-11-2-5-16(25-11)13-10-17(21-20-13)19-18(22)9-12-3-4-14-15(8-12)24-7-6-23-14/h2-5,8,10H,6-7,9H2,1H3,(H2,19,20,21,22). The van der Waals surface area contributed by atoms with E-state index >= 15 is 0 Å². The van der Waals surface area contributed by atoms with Crippen LogP contribution in [0.5, 0.6) is 11.5 Å². The van der Waals surface area contributed by atoms with Gasteiger partial charge in [-0.25, -0.2) is 0 Å². The number of aromatic nitrogens is 2. The first-order chi connectivity index (χ1) is 12.2. The zero-order valence-electron chi connectivity index (χ0n) is 13.7. The summed E-state index contributed by atoms with van der Waals surface area (Å²) in [4.78, 5) is 14.6. The lowest BCUT2D eigenvalue weighted by Crippen LogP contribution is -2.17. The van der Waals surface area contributed by atoms with Gasteiger partial charge in [-0.2, -0.15) is 5.10 Å². The molecule has 1 amide bonds. The lowest BCUT2D eigenvalue weighted by Gasteiger charge is -2.18. The number of aryl methyl sites for hydroxylation is 1. The molecule has 6 nitrogen and oxygen atoms in total. The SMILES string of the molecule is Cc1ccc(-c2cc(NC(=O)Cc3ccc4c(c3)OCCO4)n[nH]2)s1. The van der Waals surface area contributed by atoms with Gasteiger partial charge in [0.25, 0.3) is 0 Å². The average molecular weight is 355 g/mol. The minimum absolute atomic E-state index is 0.128. The van der Waals surface area contributed by atoms with Crippen molar-refractivity contribution >= 4 is 23.1 Å². The van der Waals surface area contributed by atoms with E-state index in [4.69, 9.17) is 9.47 Å². The quantitative estimate of drug-likeness (QED) is 0.752. The molecular formula is C18H17N3O3S. The third-order valence-electron chi connectivity index (χ3n) is 3.82. The number of aromatic amines is 1. The molecule has 2 N–H and O–H groups in total. The number of thiophene rings is 1. The van der Waals surface area contributed by atoms with Gasteiger partial charge in [0.15, 0.2) is 17.3 Å². The predicted octanol–water partition coefficient (Wildman–Crippen LogP) is 3.40. The number of fused-ring (bicyclic) bond motifs is 1. The molecule has 3 heterocycles. The number of benzene rings is 1.